The maximum atomic E-state index is 13.9. The van der Waals surface area contributed by atoms with Crippen LogP contribution in [0.4, 0.5) is 17.6 Å². The maximum absolute atomic E-state index is 13.9. The van der Waals surface area contributed by atoms with Gasteiger partial charge in [0.1, 0.15) is 5.82 Å². The average molecular weight is 577 g/mol. The Hall–Kier alpha value is -3.60. The summed E-state index contributed by atoms with van der Waals surface area (Å²) in [5.41, 5.74) is 0.499. The van der Waals surface area contributed by atoms with Gasteiger partial charge in [-0.1, -0.05) is 17.7 Å². The summed E-state index contributed by atoms with van der Waals surface area (Å²) in [5.74, 6) is -0.582. The van der Waals surface area contributed by atoms with Crippen molar-refractivity contribution in [2.75, 3.05) is 20.1 Å². The Balaban J connectivity index is 1.53. The van der Waals surface area contributed by atoms with Crippen molar-refractivity contribution >= 4 is 23.5 Å². The van der Waals surface area contributed by atoms with Crippen molar-refractivity contribution in [2.24, 2.45) is 5.92 Å². The summed E-state index contributed by atoms with van der Waals surface area (Å²) in [6.45, 7) is 3.42. The largest absolute Gasteiger partial charge is 0.435 e. The standard InChI is InChI=1S/C28H29ClF4N6O/c1-3-39-15-21(25(36-39)28(31,32)33)19-10-16(14-38-9-8-37(2)27(38)34)11-20(12-19)26(40)35-24(17-4-5-17)18-6-7-23(30)22(29)13-18/h6-7,10-13,15,17,24,34H,3-5,8-9,14H2,1-2H3,(H,35,40). The molecule has 2 aromatic carbocycles. The van der Waals surface area contributed by atoms with Gasteiger partial charge in [-0.3, -0.25) is 14.9 Å². The zero-order valence-corrected chi connectivity index (χ0v) is 22.8. The second-order valence-electron chi connectivity index (χ2n) is 10.3. The number of amides is 1. The highest BCUT2D eigenvalue weighted by Gasteiger charge is 2.38. The maximum Gasteiger partial charge on any atom is 0.435 e. The molecule has 0 radical (unpaired) electrons. The normalized spacial score (nSPS) is 16.5. The van der Waals surface area contributed by atoms with Crippen LogP contribution in [0.2, 0.25) is 5.02 Å². The van der Waals surface area contributed by atoms with E-state index in [1.807, 2.05) is 0 Å². The molecule has 1 aliphatic heterocycles. The first-order valence-electron chi connectivity index (χ1n) is 13.0. The summed E-state index contributed by atoms with van der Waals surface area (Å²) in [4.78, 5) is 17.2. The van der Waals surface area contributed by atoms with Crippen molar-refractivity contribution in [3.05, 3.63) is 75.8 Å². The number of nitrogens with one attached hydrogen (secondary N) is 2. The molecule has 1 aliphatic carbocycles. The van der Waals surface area contributed by atoms with Gasteiger partial charge in [-0.2, -0.15) is 18.3 Å². The lowest BCUT2D eigenvalue weighted by molar-refractivity contribution is -0.141. The predicted octanol–water partition coefficient (Wildman–Crippen LogP) is 5.94. The lowest BCUT2D eigenvalue weighted by atomic mass is 9.97. The topological polar surface area (TPSA) is 77.2 Å². The van der Waals surface area contributed by atoms with Crippen LogP contribution < -0.4 is 5.32 Å². The number of halogens is 5. The number of hydrogen-bond acceptors (Lipinski definition) is 3. The molecule has 1 unspecified atom stereocenters. The fourth-order valence-corrected chi connectivity index (χ4v) is 5.19. The highest BCUT2D eigenvalue weighted by atomic mass is 35.5. The summed E-state index contributed by atoms with van der Waals surface area (Å²) in [7, 11) is 1.80. The van der Waals surface area contributed by atoms with Gasteiger partial charge < -0.3 is 15.1 Å². The number of aryl methyl sites for hydroxylation is 1. The number of benzene rings is 2. The minimum atomic E-state index is -4.69. The van der Waals surface area contributed by atoms with E-state index < -0.39 is 29.6 Å². The van der Waals surface area contributed by atoms with Crippen LogP contribution >= 0.6 is 11.6 Å². The summed E-state index contributed by atoms with van der Waals surface area (Å²) in [6, 6.07) is 8.60. The summed E-state index contributed by atoms with van der Waals surface area (Å²) in [6.07, 6.45) is -1.60. The molecule has 2 fully saturated rings. The molecular formula is C28H29ClF4N6O. The van der Waals surface area contributed by atoms with Gasteiger partial charge in [0, 0.05) is 50.6 Å². The number of carbonyl (C=O) groups excluding carboxylic acids is 1. The van der Waals surface area contributed by atoms with Crippen molar-refractivity contribution in [3.8, 4) is 11.1 Å². The molecule has 40 heavy (non-hydrogen) atoms. The molecule has 7 nitrogen and oxygen atoms in total. The Morgan fingerprint density at radius 3 is 2.55 bits per heavy atom. The van der Waals surface area contributed by atoms with Crippen molar-refractivity contribution in [1.82, 2.24) is 24.9 Å². The number of rotatable bonds is 8. The first kappa shape index (κ1) is 27.9. The van der Waals surface area contributed by atoms with Crippen LogP contribution in [0, 0.1) is 17.1 Å². The smallest absolute Gasteiger partial charge is 0.345 e. The Morgan fingerprint density at radius 2 is 1.95 bits per heavy atom. The van der Waals surface area contributed by atoms with E-state index in [0.29, 0.717) is 30.2 Å². The van der Waals surface area contributed by atoms with Gasteiger partial charge in [-0.15, -0.1) is 0 Å². The van der Waals surface area contributed by atoms with E-state index in [2.05, 4.69) is 10.4 Å². The average Bonchev–Trinajstić information content (AvgIpc) is 3.57. The van der Waals surface area contributed by atoms with Gasteiger partial charge in [0.15, 0.2) is 11.7 Å². The van der Waals surface area contributed by atoms with E-state index in [1.165, 1.54) is 29.1 Å². The third-order valence-corrected chi connectivity index (χ3v) is 7.63. The molecule has 1 saturated carbocycles. The lowest BCUT2D eigenvalue weighted by Gasteiger charge is -2.22. The van der Waals surface area contributed by atoms with Gasteiger partial charge in [0.25, 0.3) is 5.91 Å². The summed E-state index contributed by atoms with van der Waals surface area (Å²) >= 11 is 6.00. The van der Waals surface area contributed by atoms with Crippen LogP contribution in [0.3, 0.4) is 0 Å². The highest BCUT2D eigenvalue weighted by molar-refractivity contribution is 6.30. The summed E-state index contributed by atoms with van der Waals surface area (Å²) in [5, 5.41) is 15.0. The molecule has 1 amide bonds. The van der Waals surface area contributed by atoms with E-state index in [-0.39, 0.29) is 40.7 Å². The molecule has 0 bridgehead atoms. The van der Waals surface area contributed by atoms with Crippen LogP contribution in [0.25, 0.3) is 11.1 Å². The number of aromatic nitrogens is 2. The molecule has 2 aliphatic rings. The van der Waals surface area contributed by atoms with E-state index in [0.717, 1.165) is 12.8 Å². The second-order valence-corrected chi connectivity index (χ2v) is 10.7. The molecule has 2 heterocycles. The Morgan fingerprint density at radius 1 is 1.20 bits per heavy atom. The minimum Gasteiger partial charge on any atom is -0.345 e. The molecule has 1 atom stereocenters. The first-order valence-corrected chi connectivity index (χ1v) is 13.4. The van der Waals surface area contributed by atoms with Gasteiger partial charge in [0.05, 0.1) is 11.1 Å². The first-order chi connectivity index (χ1) is 18.9. The fraction of sp³-hybridized carbons (Fsp3) is 0.393. The highest BCUT2D eigenvalue weighted by Crippen LogP contribution is 2.42. The van der Waals surface area contributed by atoms with E-state index in [9.17, 15) is 22.4 Å². The zero-order chi connectivity index (χ0) is 28.8. The molecule has 0 spiro atoms. The molecule has 5 rings (SSSR count). The minimum absolute atomic E-state index is 0.0488. The molecule has 2 N–H and O–H groups in total. The van der Waals surface area contributed by atoms with Crippen LogP contribution in [0.15, 0.2) is 42.6 Å². The second kappa shape index (κ2) is 10.8. The monoisotopic (exact) mass is 576 g/mol. The third kappa shape index (κ3) is 5.79. The molecule has 12 heteroatoms. The zero-order valence-electron chi connectivity index (χ0n) is 22.0. The number of nitrogens with zero attached hydrogens (tertiary/aromatic N) is 4. The van der Waals surface area contributed by atoms with Crippen molar-refractivity contribution in [3.63, 3.8) is 0 Å². The van der Waals surface area contributed by atoms with E-state index >= 15 is 0 Å². The molecular weight excluding hydrogens is 548 g/mol. The van der Waals surface area contributed by atoms with Crippen molar-refractivity contribution in [2.45, 2.75) is 45.1 Å². The van der Waals surface area contributed by atoms with Crippen LogP contribution in [-0.2, 0) is 19.3 Å². The Labute approximate surface area is 234 Å². The van der Waals surface area contributed by atoms with Crippen LogP contribution in [0.1, 0.15) is 53.0 Å². The van der Waals surface area contributed by atoms with Gasteiger partial charge in [0.2, 0.25) is 0 Å². The predicted molar refractivity (Wildman–Crippen MR) is 143 cm³/mol. The van der Waals surface area contributed by atoms with E-state index in [1.54, 1.807) is 42.0 Å². The third-order valence-electron chi connectivity index (χ3n) is 7.34. The number of alkyl halides is 3. The molecule has 1 aromatic heterocycles. The molecule has 212 valence electrons. The Bertz CT molecular complexity index is 1450. The number of hydrogen-bond donors (Lipinski definition) is 2. The van der Waals surface area contributed by atoms with Crippen LogP contribution in [-0.4, -0.2) is 51.6 Å². The summed E-state index contributed by atoms with van der Waals surface area (Å²) < 4.78 is 56.9. The van der Waals surface area contributed by atoms with Gasteiger partial charge >= 0.3 is 6.18 Å². The molecule has 3 aromatic rings. The van der Waals surface area contributed by atoms with Crippen LogP contribution in [0.5, 0.6) is 0 Å². The quantitative estimate of drug-likeness (QED) is 0.325. The van der Waals surface area contributed by atoms with Crippen molar-refractivity contribution in [1.29, 1.82) is 5.41 Å². The number of likely N-dealkylation sites (N-methyl/N-ethyl adjacent to an activating group) is 1. The van der Waals surface area contributed by atoms with Gasteiger partial charge in [-0.05, 0) is 72.7 Å². The Kier molecular flexibility index (Phi) is 7.52. The molecule has 1 saturated heterocycles. The van der Waals surface area contributed by atoms with E-state index in [4.69, 9.17) is 17.0 Å². The number of carbonyl (C=O) groups is 1. The number of guanidine groups is 1. The van der Waals surface area contributed by atoms with Crippen molar-refractivity contribution < 1.29 is 22.4 Å². The van der Waals surface area contributed by atoms with Gasteiger partial charge in [-0.25, -0.2) is 4.39 Å². The lowest BCUT2D eigenvalue weighted by Crippen LogP contribution is -2.31. The SMILES string of the molecule is CCn1cc(-c2cc(CN3CCN(C)C3=N)cc(C(=O)NC(c3ccc(F)c(Cl)c3)C3CC3)c2)c(C(F)(F)F)n1. The fourth-order valence-electron chi connectivity index (χ4n) is 5.01.